The van der Waals surface area contributed by atoms with Crippen molar-refractivity contribution in [2.24, 2.45) is 16.6 Å². The van der Waals surface area contributed by atoms with E-state index >= 15 is 0 Å². The molecular formula is C23H45N3O3. The third-order valence-corrected chi connectivity index (χ3v) is 6.96. The van der Waals surface area contributed by atoms with Crippen LogP contribution < -0.4 is 16.5 Å². The maximum absolute atomic E-state index is 11.8. The maximum atomic E-state index is 11.8. The lowest BCUT2D eigenvalue weighted by Gasteiger charge is -2.43. The molecule has 6 heteroatoms. The number of hydrogen-bond donors (Lipinski definition) is 5. The molecule has 0 aromatic carbocycles. The highest BCUT2D eigenvalue weighted by Crippen LogP contribution is 2.49. The van der Waals surface area contributed by atoms with Crippen molar-refractivity contribution >= 4 is 5.97 Å². The first-order valence-electron chi connectivity index (χ1n) is 11.3. The molecule has 170 valence electrons. The molecular weight excluding hydrogens is 366 g/mol. The third kappa shape index (κ3) is 6.27. The van der Waals surface area contributed by atoms with Gasteiger partial charge in [0.05, 0.1) is 0 Å². The van der Waals surface area contributed by atoms with E-state index in [1.54, 1.807) is 5.57 Å². The molecule has 0 aromatic heterocycles. The number of hydroxylamine groups is 1. The summed E-state index contributed by atoms with van der Waals surface area (Å²) >= 11 is 0. The van der Waals surface area contributed by atoms with Crippen LogP contribution in [0.4, 0.5) is 0 Å². The van der Waals surface area contributed by atoms with Crippen LogP contribution in [0.25, 0.3) is 0 Å². The standard InChI is InChI=1S/C13H26N2O3.C10H19N/c1-3-6-12(7-5-9-15-18)8-10-14-13(12,4-2)11(16)17;1-7(8-5-6-8)9(11)10(2,3)4/h14-15,18H,3-10H2,1-2H3,(H,16,17);9H,5-6,11H2,1-4H3. The molecule has 2 rings (SSSR count). The molecule has 1 saturated heterocycles. The Morgan fingerprint density at radius 3 is 2.31 bits per heavy atom. The van der Waals surface area contributed by atoms with Crippen LogP contribution in [0.5, 0.6) is 0 Å². The van der Waals surface area contributed by atoms with Gasteiger partial charge in [0.1, 0.15) is 5.54 Å². The fourth-order valence-electron chi connectivity index (χ4n) is 4.98. The molecule has 29 heavy (non-hydrogen) atoms. The monoisotopic (exact) mass is 411 g/mol. The molecule has 2 aliphatic rings. The summed E-state index contributed by atoms with van der Waals surface area (Å²) in [6.45, 7) is 14.1. The third-order valence-electron chi connectivity index (χ3n) is 6.96. The molecule has 1 aliphatic carbocycles. The van der Waals surface area contributed by atoms with Crippen LogP contribution in [0.15, 0.2) is 11.1 Å². The van der Waals surface area contributed by atoms with Gasteiger partial charge in [-0.15, -0.1) is 0 Å². The second-order valence-corrected chi connectivity index (χ2v) is 9.91. The topological polar surface area (TPSA) is 108 Å². The number of carbonyl (C=O) groups is 1. The van der Waals surface area contributed by atoms with Gasteiger partial charge < -0.3 is 21.4 Å². The van der Waals surface area contributed by atoms with E-state index in [0.717, 1.165) is 38.6 Å². The van der Waals surface area contributed by atoms with Crippen LogP contribution in [0.1, 0.15) is 92.9 Å². The van der Waals surface area contributed by atoms with Crippen LogP contribution in [0.2, 0.25) is 0 Å². The Bertz CT molecular complexity index is 564. The van der Waals surface area contributed by atoms with Gasteiger partial charge in [0.2, 0.25) is 0 Å². The van der Waals surface area contributed by atoms with Gasteiger partial charge in [0.15, 0.2) is 0 Å². The minimum absolute atomic E-state index is 0.181. The summed E-state index contributed by atoms with van der Waals surface area (Å²) in [5.74, 6) is -0.729. The van der Waals surface area contributed by atoms with Crippen molar-refractivity contribution in [2.75, 3.05) is 13.1 Å². The van der Waals surface area contributed by atoms with Gasteiger partial charge in [-0.1, -0.05) is 52.2 Å². The molecule has 1 aliphatic heterocycles. The fraction of sp³-hybridized carbons (Fsp3) is 0.870. The zero-order chi connectivity index (χ0) is 22.3. The van der Waals surface area contributed by atoms with E-state index in [9.17, 15) is 9.90 Å². The van der Waals surface area contributed by atoms with E-state index in [0.29, 0.717) is 13.0 Å². The van der Waals surface area contributed by atoms with Gasteiger partial charge in [-0.3, -0.25) is 4.79 Å². The van der Waals surface area contributed by atoms with Crippen molar-refractivity contribution in [1.29, 1.82) is 0 Å². The highest BCUT2D eigenvalue weighted by atomic mass is 16.5. The summed E-state index contributed by atoms with van der Waals surface area (Å²) in [7, 11) is 0. The zero-order valence-corrected chi connectivity index (χ0v) is 19.5. The molecule has 3 atom stereocenters. The Labute approximate surface area is 177 Å². The number of nitrogens with two attached hydrogens (primary N) is 1. The van der Waals surface area contributed by atoms with Crippen LogP contribution in [-0.4, -0.2) is 41.0 Å². The Hall–Kier alpha value is -0.950. The Balaban J connectivity index is 0.000000326. The Morgan fingerprint density at radius 2 is 1.90 bits per heavy atom. The summed E-state index contributed by atoms with van der Waals surface area (Å²) in [6, 6.07) is 0.250. The fourth-order valence-corrected chi connectivity index (χ4v) is 4.98. The molecule has 1 saturated carbocycles. The quantitative estimate of drug-likeness (QED) is 0.221. The van der Waals surface area contributed by atoms with Crippen LogP contribution in [0, 0.1) is 10.8 Å². The smallest absolute Gasteiger partial charge is 0.324 e. The highest BCUT2D eigenvalue weighted by molar-refractivity contribution is 5.80. The summed E-state index contributed by atoms with van der Waals surface area (Å²) in [5.41, 5.74) is 10.5. The molecule has 2 fully saturated rings. The Morgan fingerprint density at radius 1 is 1.28 bits per heavy atom. The predicted molar refractivity (Wildman–Crippen MR) is 119 cm³/mol. The van der Waals surface area contributed by atoms with E-state index in [-0.39, 0.29) is 16.9 Å². The van der Waals surface area contributed by atoms with Gasteiger partial charge in [-0.25, -0.2) is 5.48 Å². The number of allylic oxidation sites excluding steroid dienone is 1. The van der Waals surface area contributed by atoms with Crippen molar-refractivity contribution in [3.63, 3.8) is 0 Å². The molecule has 1 heterocycles. The summed E-state index contributed by atoms with van der Waals surface area (Å²) < 4.78 is 0. The van der Waals surface area contributed by atoms with Gasteiger partial charge in [-0.2, -0.15) is 0 Å². The minimum Gasteiger partial charge on any atom is -0.480 e. The number of carboxylic acids is 1. The second-order valence-electron chi connectivity index (χ2n) is 9.91. The number of rotatable bonds is 9. The average Bonchev–Trinajstić information content (AvgIpc) is 3.43. The predicted octanol–water partition coefficient (Wildman–Crippen LogP) is 4.23. The summed E-state index contributed by atoms with van der Waals surface area (Å²) in [5, 5.41) is 21.6. The SMILES string of the molecule is CC(=C1CC1)C(N)C(C)(C)C.CCCC1(CCCNO)CCNC1(CC)C(=O)O. The molecule has 0 bridgehead atoms. The van der Waals surface area contributed by atoms with Crippen molar-refractivity contribution in [3.05, 3.63) is 11.1 Å². The van der Waals surface area contributed by atoms with E-state index in [4.69, 9.17) is 10.9 Å². The van der Waals surface area contributed by atoms with Gasteiger partial charge in [0.25, 0.3) is 0 Å². The first-order valence-corrected chi connectivity index (χ1v) is 11.3. The van der Waals surface area contributed by atoms with Crippen molar-refractivity contribution in [2.45, 2.75) is 104 Å². The van der Waals surface area contributed by atoms with E-state index in [1.807, 2.05) is 6.92 Å². The Kier molecular flexibility index (Phi) is 9.80. The largest absolute Gasteiger partial charge is 0.480 e. The van der Waals surface area contributed by atoms with Crippen LogP contribution in [-0.2, 0) is 4.79 Å². The van der Waals surface area contributed by atoms with Crippen molar-refractivity contribution in [3.8, 4) is 0 Å². The highest BCUT2D eigenvalue weighted by Gasteiger charge is 2.57. The molecule has 3 unspecified atom stereocenters. The van der Waals surface area contributed by atoms with E-state index in [2.05, 4.69) is 45.4 Å². The van der Waals surface area contributed by atoms with Crippen molar-refractivity contribution in [1.82, 2.24) is 10.8 Å². The van der Waals surface area contributed by atoms with E-state index in [1.165, 1.54) is 18.4 Å². The number of carboxylic acid groups (broad SMARTS) is 1. The minimum atomic E-state index is -0.793. The lowest BCUT2D eigenvalue weighted by molar-refractivity contribution is -0.150. The average molecular weight is 412 g/mol. The van der Waals surface area contributed by atoms with E-state index < -0.39 is 11.5 Å². The maximum Gasteiger partial charge on any atom is 0.324 e. The summed E-state index contributed by atoms with van der Waals surface area (Å²) in [4.78, 5) is 11.8. The zero-order valence-electron chi connectivity index (χ0n) is 19.5. The lowest BCUT2D eigenvalue weighted by atomic mass is 9.63. The lowest BCUT2D eigenvalue weighted by Crippen LogP contribution is -2.57. The van der Waals surface area contributed by atoms with Crippen LogP contribution in [0.3, 0.4) is 0 Å². The van der Waals surface area contributed by atoms with Crippen molar-refractivity contribution < 1.29 is 15.1 Å². The first kappa shape index (κ1) is 26.1. The van der Waals surface area contributed by atoms with Gasteiger partial charge in [-0.05, 0) is 63.8 Å². The molecule has 0 radical (unpaired) electrons. The van der Waals surface area contributed by atoms with Crippen LogP contribution >= 0.6 is 0 Å². The number of nitrogens with one attached hydrogen (secondary N) is 2. The first-order chi connectivity index (χ1) is 13.5. The molecule has 0 spiro atoms. The molecule has 0 aromatic rings. The second kappa shape index (κ2) is 10.9. The number of aliphatic carboxylic acids is 1. The molecule has 6 N–H and O–H groups in total. The van der Waals surface area contributed by atoms with Gasteiger partial charge >= 0.3 is 5.97 Å². The normalized spacial score (nSPS) is 27.2. The molecule has 0 amide bonds. The summed E-state index contributed by atoms with van der Waals surface area (Å²) in [6.07, 6.45) is 7.64. The number of hydrogen-bond acceptors (Lipinski definition) is 5. The molecule has 6 nitrogen and oxygen atoms in total. The van der Waals surface area contributed by atoms with Gasteiger partial charge in [0, 0.05) is 18.0 Å².